The fourth-order valence-electron chi connectivity index (χ4n) is 1.32. The number of halogens is 1. The molecule has 0 amide bonds. The molecule has 0 fully saturated rings. The predicted octanol–water partition coefficient (Wildman–Crippen LogP) is 2.53. The fraction of sp³-hybridized carbons (Fsp3) is 0.364. The smallest absolute Gasteiger partial charge is 0.338 e. The van der Waals surface area contributed by atoms with Crippen molar-refractivity contribution in [2.45, 2.75) is 12.8 Å². The minimum absolute atomic E-state index is 0.340. The highest BCUT2D eigenvalue weighted by Gasteiger charge is 2.14. The number of esters is 1. The fourth-order valence-corrected chi connectivity index (χ4v) is 1.60. The van der Waals surface area contributed by atoms with Crippen molar-refractivity contribution < 1.29 is 14.3 Å². The third-order valence-electron chi connectivity index (χ3n) is 2.27. The first kappa shape index (κ1) is 11.9. The summed E-state index contributed by atoms with van der Waals surface area (Å²) in [5.41, 5.74) is 2.20. The van der Waals surface area contributed by atoms with Crippen LogP contribution < -0.4 is 4.74 Å². The number of alkyl halides is 1. The first-order chi connectivity index (χ1) is 7.13. The summed E-state index contributed by atoms with van der Waals surface area (Å²) in [7, 11) is 2.89. The van der Waals surface area contributed by atoms with Gasteiger partial charge in [0, 0.05) is 5.88 Å². The summed E-state index contributed by atoms with van der Waals surface area (Å²) in [5.74, 6) is 0.571. The minimum atomic E-state index is -0.377. The molecule has 0 atom stereocenters. The summed E-state index contributed by atoms with van der Waals surface area (Å²) in [5, 5.41) is 0. The molecule has 1 rings (SSSR count). The number of rotatable bonds is 3. The molecule has 0 saturated carbocycles. The Balaban J connectivity index is 3.30. The highest BCUT2D eigenvalue weighted by Crippen LogP contribution is 2.23. The van der Waals surface area contributed by atoms with E-state index < -0.39 is 0 Å². The topological polar surface area (TPSA) is 35.5 Å². The van der Waals surface area contributed by atoms with Crippen molar-refractivity contribution in [2.24, 2.45) is 0 Å². The maximum atomic E-state index is 11.4. The van der Waals surface area contributed by atoms with E-state index in [0.717, 1.165) is 11.1 Å². The Morgan fingerprint density at radius 3 is 2.53 bits per heavy atom. The standard InChI is InChI=1S/C11H13ClO3/c1-7-8(6-12)4-9(14-2)5-10(7)11(13)15-3/h4-5H,6H2,1-3H3. The minimum Gasteiger partial charge on any atom is -0.497 e. The Hall–Kier alpha value is -1.22. The third-order valence-corrected chi connectivity index (χ3v) is 2.56. The molecular formula is C11H13ClO3. The van der Waals surface area contributed by atoms with E-state index in [1.165, 1.54) is 7.11 Å². The van der Waals surface area contributed by atoms with Crippen molar-refractivity contribution in [1.29, 1.82) is 0 Å². The molecule has 4 heteroatoms. The second-order valence-corrected chi connectivity index (χ2v) is 3.35. The number of carbonyl (C=O) groups excluding carboxylic acids is 1. The van der Waals surface area contributed by atoms with Crippen LogP contribution >= 0.6 is 11.6 Å². The van der Waals surface area contributed by atoms with E-state index >= 15 is 0 Å². The molecule has 15 heavy (non-hydrogen) atoms. The van der Waals surface area contributed by atoms with E-state index in [0.29, 0.717) is 17.2 Å². The van der Waals surface area contributed by atoms with Crippen molar-refractivity contribution in [3.05, 3.63) is 28.8 Å². The molecule has 0 aromatic heterocycles. The Labute approximate surface area is 93.9 Å². The molecule has 0 bridgehead atoms. The Morgan fingerprint density at radius 1 is 1.40 bits per heavy atom. The van der Waals surface area contributed by atoms with Gasteiger partial charge in [0.2, 0.25) is 0 Å². The predicted molar refractivity (Wildman–Crippen MR) is 58.6 cm³/mol. The largest absolute Gasteiger partial charge is 0.497 e. The molecule has 1 aromatic carbocycles. The van der Waals surface area contributed by atoms with Crippen molar-refractivity contribution >= 4 is 17.6 Å². The van der Waals surface area contributed by atoms with Gasteiger partial charge in [-0.15, -0.1) is 11.6 Å². The van der Waals surface area contributed by atoms with E-state index in [1.54, 1.807) is 13.2 Å². The van der Waals surface area contributed by atoms with E-state index in [-0.39, 0.29) is 5.97 Å². The highest BCUT2D eigenvalue weighted by atomic mass is 35.5. The molecule has 0 aliphatic heterocycles. The Bertz CT molecular complexity index is 374. The number of hydrogen-bond acceptors (Lipinski definition) is 3. The van der Waals surface area contributed by atoms with Gasteiger partial charge in [-0.1, -0.05) is 0 Å². The lowest BCUT2D eigenvalue weighted by Gasteiger charge is -2.10. The van der Waals surface area contributed by atoms with Gasteiger partial charge in [0.15, 0.2) is 0 Å². The zero-order valence-corrected chi connectivity index (χ0v) is 9.72. The molecule has 0 aliphatic carbocycles. The maximum Gasteiger partial charge on any atom is 0.338 e. The molecule has 0 spiro atoms. The van der Waals surface area contributed by atoms with E-state index in [1.807, 2.05) is 13.0 Å². The average molecular weight is 229 g/mol. The van der Waals surface area contributed by atoms with Crippen LogP contribution in [0.2, 0.25) is 0 Å². The lowest BCUT2D eigenvalue weighted by atomic mass is 10.0. The van der Waals surface area contributed by atoms with Crippen molar-refractivity contribution in [1.82, 2.24) is 0 Å². The van der Waals surface area contributed by atoms with Gasteiger partial charge in [-0.3, -0.25) is 0 Å². The second kappa shape index (κ2) is 5.03. The molecule has 1 aromatic rings. The monoisotopic (exact) mass is 228 g/mol. The summed E-state index contributed by atoms with van der Waals surface area (Å²) < 4.78 is 9.76. The lowest BCUT2D eigenvalue weighted by molar-refractivity contribution is 0.0599. The van der Waals surface area contributed by atoms with E-state index in [4.69, 9.17) is 16.3 Å². The SMILES string of the molecule is COC(=O)c1cc(OC)cc(CCl)c1C. The normalized spacial score (nSPS) is 9.87. The van der Waals surface area contributed by atoms with Crippen LogP contribution in [0.4, 0.5) is 0 Å². The van der Waals surface area contributed by atoms with E-state index in [2.05, 4.69) is 4.74 Å². The molecule has 82 valence electrons. The third kappa shape index (κ3) is 2.42. The van der Waals surface area contributed by atoms with Gasteiger partial charge in [-0.05, 0) is 30.2 Å². The van der Waals surface area contributed by atoms with Crippen LogP contribution in [0.5, 0.6) is 5.75 Å². The van der Waals surface area contributed by atoms with Gasteiger partial charge in [0.05, 0.1) is 19.8 Å². The van der Waals surface area contributed by atoms with Crippen LogP contribution in [-0.4, -0.2) is 20.2 Å². The van der Waals surface area contributed by atoms with Gasteiger partial charge >= 0.3 is 5.97 Å². The first-order valence-electron chi connectivity index (χ1n) is 4.45. The van der Waals surface area contributed by atoms with E-state index in [9.17, 15) is 4.79 Å². The summed E-state index contributed by atoms with van der Waals surface area (Å²) in [6.45, 7) is 1.84. The highest BCUT2D eigenvalue weighted by molar-refractivity contribution is 6.17. The summed E-state index contributed by atoms with van der Waals surface area (Å²) in [6, 6.07) is 3.46. The molecule has 0 radical (unpaired) electrons. The van der Waals surface area contributed by atoms with Crippen molar-refractivity contribution in [3.63, 3.8) is 0 Å². The van der Waals surface area contributed by atoms with Crippen LogP contribution in [0.15, 0.2) is 12.1 Å². The van der Waals surface area contributed by atoms with Crippen LogP contribution in [0.25, 0.3) is 0 Å². The van der Waals surface area contributed by atoms with Crippen LogP contribution in [0.1, 0.15) is 21.5 Å². The zero-order valence-electron chi connectivity index (χ0n) is 8.96. The second-order valence-electron chi connectivity index (χ2n) is 3.08. The van der Waals surface area contributed by atoms with Gasteiger partial charge in [-0.25, -0.2) is 4.79 Å². The van der Waals surface area contributed by atoms with Crippen molar-refractivity contribution in [3.8, 4) is 5.75 Å². The van der Waals surface area contributed by atoms with Gasteiger partial charge in [0.1, 0.15) is 5.75 Å². The average Bonchev–Trinajstić information content (AvgIpc) is 2.28. The number of hydrogen-bond donors (Lipinski definition) is 0. The number of ether oxygens (including phenoxy) is 2. The molecule has 0 heterocycles. The van der Waals surface area contributed by atoms with Gasteiger partial charge in [-0.2, -0.15) is 0 Å². The maximum absolute atomic E-state index is 11.4. The van der Waals surface area contributed by atoms with Crippen LogP contribution in [0, 0.1) is 6.92 Å². The molecule has 3 nitrogen and oxygen atoms in total. The Kier molecular flexibility index (Phi) is 3.97. The van der Waals surface area contributed by atoms with Crippen molar-refractivity contribution in [2.75, 3.05) is 14.2 Å². The molecular weight excluding hydrogens is 216 g/mol. The zero-order chi connectivity index (χ0) is 11.4. The molecule has 0 saturated heterocycles. The first-order valence-corrected chi connectivity index (χ1v) is 4.99. The Morgan fingerprint density at radius 2 is 2.07 bits per heavy atom. The number of benzene rings is 1. The number of carbonyl (C=O) groups is 1. The lowest BCUT2D eigenvalue weighted by Crippen LogP contribution is -2.06. The summed E-state index contributed by atoms with van der Waals surface area (Å²) in [6.07, 6.45) is 0. The van der Waals surface area contributed by atoms with Gasteiger partial charge < -0.3 is 9.47 Å². The quantitative estimate of drug-likeness (QED) is 0.589. The molecule has 0 aliphatic rings. The van der Waals surface area contributed by atoms with Gasteiger partial charge in [0.25, 0.3) is 0 Å². The van der Waals surface area contributed by atoms with Crippen LogP contribution in [-0.2, 0) is 10.6 Å². The summed E-state index contributed by atoms with van der Waals surface area (Å²) >= 11 is 5.77. The molecule has 0 N–H and O–H groups in total. The molecule has 0 unspecified atom stereocenters. The van der Waals surface area contributed by atoms with Crippen LogP contribution in [0.3, 0.4) is 0 Å². The number of methoxy groups -OCH3 is 2. The summed E-state index contributed by atoms with van der Waals surface area (Å²) in [4.78, 5) is 11.4.